The highest BCUT2D eigenvalue weighted by atomic mass is 32.3. The molecule has 0 saturated heterocycles. The summed E-state index contributed by atoms with van der Waals surface area (Å²) < 4.78 is 32.1. The van der Waals surface area contributed by atoms with Crippen molar-refractivity contribution >= 4 is 21.6 Å². The van der Waals surface area contributed by atoms with Gasteiger partial charge in [-0.2, -0.15) is 0 Å². The van der Waals surface area contributed by atoms with Gasteiger partial charge in [0.15, 0.2) is 0 Å². The van der Waals surface area contributed by atoms with E-state index in [1.165, 1.54) is 0 Å². The van der Waals surface area contributed by atoms with Crippen molar-refractivity contribution in [2.45, 2.75) is 24.3 Å². The Hall–Kier alpha value is -2.13. The van der Waals surface area contributed by atoms with Crippen molar-refractivity contribution in [3.8, 4) is 5.75 Å². The van der Waals surface area contributed by atoms with Gasteiger partial charge < -0.3 is 14.5 Å². The first-order chi connectivity index (χ1) is 12.5. The molecule has 0 aliphatic heterocycles. The van der Waals surface area contributed by atoms with E-state index < -0.39 is 10.6 Å². The number of para-hydroxylation sites is 2. The SMILES string of the molecule is COCCCOc1ccnc(CS(O)(O)c2nc3ccccc3[nH]2)c1C. The van der Waals surface area contributed by atoms with Gasteiger partial charge in [0.1, 0.15) is 5.75 Å². The molecule has 0 spiro atoms. The predicted molar refractivity (Wildman–Crippen MR) is 102 cm³/mol. The number of rotatable bonds is 8. The lowest BCUT2D eigenvalue weighted by atomic mass is 10.2. The summed E-state index contributed by atoms with van der Waals surface area (Å²) in [6.45, 7) is 3.02. The molecule has 0 saturated carbocycles. The highest BCUT2D eigenvalue weighted by Crippen LogP contribution is 2.50. The summed E-state index contributed by atoms with van der Waals surface area (Å²) in [5.74, 6) is 0.666. The topological polar surface area (TPSA) is 100 Å². The normalized spacial score (nSPS) is 12.5. The van der Waals surface area contributed by atoms with E-state index in [-0.39, 0.29) is 10.9 Å². The molecule has 0 amide bonds. The molecule has 2 aromatic heterocycles. The van der Waals surface area contributed by atoms with Gasteiger partial charge >= 0.3 is 0 Å². The Bertz CT molecular complexity index is 849. The molecule has 7 nitrogen and oxygen atoms in total. The first-order valence-corrected chi connectivity index (χ1v) is 10.00. The third-order valence-electron chi connectivity index (χ3n) is 4.02. The maximum atomic E-state index is 10.6. The van der Waals surface area contributed by atoms with Crippen molar-refractivity contribution in [2.24, 2.45) is 0 Å². The molecule has 2 heterocycles. The van der Waals surface area contributed by atoms with Crippen LogP contribution in [-0.4, -0.2) is 44.4 Å². The second-order valence-electron chi connectivity index (χ2n) is 5.95. The van der Waals surface area contributed by atoms with Crippen LogP contribution in [0, 0.1) is 6.92 Å². The molecule has 8 heteroatoms. The van der Waals surface area contributed by atoms with Crippen molar-refractivity contribution in [3.05, 3.63) is 47.8 Å². The van der Waals surface area contributed by atoms with Crippen molar-refractivity contribution < 1.29 is 18.6 Å². The van der Waals surface area contributed by atoms with Gasteiger partial charge in [0.25, 0.3) is 0 Å². The minimum Gasteiger partial charge on any atom is -0.493 e. The van der Waals surface area contributed by atoms with Crippen LogP contribution in [0.2, 0.25) is 0 Å². The zero-order valence-electron chi connectivity index (χ0n) is 14.8. The molecule has 0 aliphatic rings. The van der Waals surface area contributed by atoms with E-state index in [4.69, 9.17) is 9.47 Å². The third-order valence-corrected chi connectivity index (χ3v) is 5.51. The summed E-state index contributed by atoms with van der Waals surface area (Å²) in [5, 5.41) is 0.173. The van der Waals surface area contributed by atoms with Gasteiger partial charge in [0.05, 0.1) is 29.1 Å². The quantitative estimate of drug-likeness (QED) is 0.513. The molecule has 0 fully saturated rings. The molecule has 3 rings (SSSR count). The van der Waals surface area contributed by atoms with Crippen LogP contribution in [0.3, 0.4) is 0 Å². The monoisotopic (exact) mass is 377 g/mol. The van der Waals surface area contributed by atoms with Gasteiger partial charge in [-0.3, -0.25) is 14.1 Å². The molecule has 0 unspecified atom stereocenters. The number of nitrogens with zero attached hydrogens (tertiary/aromatic N) is 2. The smallest absolute Gasteiger partial charge is 0.220 e. The molecule has 1 aromatic carbocycles. The number of pyridine rings is 1. The average molecular weight is 377 g/mol. The van der Waals surface area contributed by atoms with Gasteiger partial charge in [0.2, 0.25) is 5.16 Å². The predicted octanol–water partition coefficient (Wildman–Crippen LogP) is 3.99. The van der Waals surface area contributed by atoms with E-state index in [9.17, 15) is 9.11 Å². The summed E-state index contributed by atoms with van der Waals surface area (Å²) in [7, 11) is -1.50. The number of aromatic amines is 1. The number of H-pyrrole nitrogens is 1. The Labute approximate surface area is 153 Å². The van der Waals surface area contributed by atoms with E-state index in [0.29, 0.717) is 30.2 Å². The second-order valence-corrected chi connectivity index (χ2v) is 7.95. The van der Waals surface area contributed by atoms with Gasteiger partial charge in [-0.15, -0.1) is 10.6 Å². The lowest BCUT2D eigenvalue weighted by Crippen LogP contribution is -2.08. The second kappa shape index (κ2) is 8.05. The lowest BCUT2D eigenvalue weighted by Gasteiger charge is -2.29. The number of fused-ring (bicyclic) bond motifs is 1. The summed E-state index contributed by atoms with van der Waals surface area (Å²) in [6.07, 6.45) is 2.39. The largest absolute Gasteiger partial charge is 0.493 e. The molecule has 3 N–H and O–H groups in total. The highest BCUT2D eigenvalue weighted by molar-refractivity contribution is 8.23. The number of imidazole rings is 1. The number of benzene rings is 1. The number of nitrogens with one attached hydrogen (secondary N) is 1. The standard InChI is InChI=1S/C18H23N3O4S/c1-13-16(19-9-8-17(13)25-11-5-10-24-2)12-26(22,23)18-20-14-6-3-4-7-15(14)21-18/h3-4,6-9,22-23H,5,10-12H2,1-2H3,(H,20,21). The van der Waals surface area contributed by atoms with Gasteiger partial charge in [-0.25, -0.2) is 4.98 Å². The Kier molecular flexibility index (Phi) is 5.77. The molecular weight excluding hydrogens is 354 g/mol. The van der Waals surface area contributed by atoms with E-state index in [1.54, 1.807) is 19.4 Å². The summed E-state index contributed by atoms with van der Waals surface area (Å²) >= 11 is 0. The van der Waals surface area contributed by atoms with E-state index in [2.05, 4.69) is 15.0 Å². The van der Waals surface area contributed by atoms with Gasteiger partial charge in [-0.05, 0) is 25.1 Å². The van der Waals surface area contributed by atoms with Crippen LogP contribution in [-0.2, 0) is 10.5 Å². The van der Waals surface area contributed by atoms with E-state index >= 15 is 0 Å². The molecule has 0 radical (unpaired) electrons. The van der Waals surface area contributed by atoms with Crippen molar-refractivity contribution in [2.75, 3.05) is 20.3 Å². The molecule has 0 atom stereocenters. The van der Waals surface area contributed by atoms with Crippen LogP contribution in [0.5, 0.6) is 5.75 Å². The van der Waals surface area contributed by atoms with Crippen molar-refractivity contribution in [1.29, 1.82) is 0 Å². The molecule has 26 heavy (non-hydrogen) atoms. The molecule has 140 valence electrons. The van der Waals surface area contributed by atoms with Crippen LogP contribution in [0.25, 0.3) is 11.0 Å². The fraction of sp³-hybridized carbons (Fsp3) is 0.333. The zero-order chi connectivity index (χ0) is 18.6. The average Bonchev–Trinajstić information content (AvgIpc) is 3.07. The fourth-order valence-corrected chi connectivity index (χ4v) is 3.92. The first-order valence-electron chi connectivity index (χ1n) is 8.28. The Morgan fingerprint density at radius 3 is 2.73 bits per heavy atom. The number of ether oxygens (including phenoxy) is 2. The summed E-state index contributed by atoms with van der Waals surface area (Å²) in [6, 6.07) is 9.17. The zero-order valence-corrected chi connectivity index (χ0v) is 15.6. The third kappa shape index (κ3) is 4.16. The maximum absolute atomic E-state index is 10.6. The molecule has 3 aromatic rings. The van der Waals surface area contributed by atoms with Gasteiger partial charge in [0, 0.05) is 31.9 Å². The molecular formula is C18H23N3O4S. The van der Waals surface area contributed by atoms with Crippen molar-refractivity contribution in [1.82, 2.24) is 15.0 Å². The van der Waals surface area contributed by atoms with Gasteiger partial charge in [-0.1, -0.05) is 12.1 Å². The van der Waals surface area contributed by atoms with Crippen LogP contribution in [0.15, 0.2) is 41.7 Å². The molecule has 0 bridgehead atoms. The van der Waals surface area contributed by atoms with Crippen LogP contribution in [0.1, 0.15) is 17.7 Å². The number of hydrogen-bond acceptors (Lipinski definition) is 6. The van der Waals surface area contributed by atoms with Crippen molar-refractivity contribution in [3.63, 3.8) is 0 Å². The number of hydrogen-bond donors (Lipinski definition) is 3. The minimum absolute atomic E-state index is 0.0199. The number of methoxy groups -OCH3 is 1. The van der Waals surface area contributed by atoms with E-state index in [0.717, 1.165) is 17.5 Å². The van der Waals surface area contributed by atoms with Crippen LogP contribution >= 0.6 is 10.6 Å². The van der Waals surface area contributed by atoms with Crippen LogP contribution in [0.4, 0.5) is 0 Å². The Morgan fingerprint density at radius 1 is 1.15 bits per heavy atom. The maximum Gasteiger partial charge on any atom is 0.220 e. The lowest BCUT2D eigenvalue weighted by molar-refractivity contribution is 0.172. The molecule has 0 aliphatic carbocycles. The summed E-state index contributed by atoms with van der Waals surface area (Å²) in [4.78, 5) is 11.6. The Balaban J connectivity index is 1.78. The summed E-state index contributed by atoms with van der Waals surface area (Å²) in [5.41, 5.74) is 2.83. The van der Waals surface area contributed by atoms with E-state index in [1.807, 2.05) is 31.2 Å². The first kappa shape index (κ1) is 18.7. The number of aromatic nitrogens is 3. The minimum atomic E-state index is -3.15. The Morgan fingerprint density at radius 2 is 1.96 bits per heavy atom. The van der Waals surface area contributed by atoms with Crippen LogP contribution < -0.4 is 4.74 Å². The highest BCUT2D eigenvalue weighted by Gasteiger charge is 2.23. The fourth-order valence-electron chi connectivity index (χ4n) is 2.59.